The summed E-state index contributed by atoms with van der Waals surface area (Å²) in [6.07, 6.45) is 0.891. The van der Waals surface area contributed by atoms with Gasteiger partial charge in [-0.1, -0.05) is 32.0 Å². The molecule has 0 spiro atoms. The van der Waals surface area contributed by atoms with Gasteiger partial charge < -0.3 is 10.0 Å². The Labute approximate surface area is 96.7 Å². The van der Waals surface area contributed by atoms with E-state index in [1.165, 1.54) is 0 Å². The van der Waals surface area contributed by atoms with Crippen LogP contribution in [0.4, 0.5) is 0 Å². The van der Waals surface area contributed by atoms with E-state index in [1.54, 1.807) is 4.90 Å². The number of hydrogen-bond donors (Lipinski definition) is 1. The molecule has 1 amide bonds. The van der Waals surface area contributed by atoms with Gasteiger partial charge in [-0.2, -0.15) is 0 Å². The molecule has 0 unspecified atom stereocenters. The Kier molecular flexibility index (Phi) is 4.99. The van der Waals surface area contributed by atoms with Crippen molar-refractivity contribution in [3.8, 4) is 0 Å². The van der Waals surface area contributed by atoms with Crippen LogP contribution in [0.15, 0.2) is 24.3 Å². The molecule has 1 aliphatic heterocycles. The lowest BCUT2D eigenvalue weighted by molar-refractivity contribution is 0.0705. The van der Waals surface area contributed by atoms with E-state index in [0.717, 1.165) is 24.1 Å². The van der Waals surface area contributed by atoms with Crippen LogP contribution in [-0.2, 0) is 6.42 Å². The van der Waals surface area contributed by atoms with Gasteiger partial charge in [0, 0.05) is 18.7 Å². The molecule has 1 heterocycles. The van der Waals surface area contributed by atoms with Crippen molar-refractivity contribution in [3.63, 3.8) is 0 Å². The molecule has 1 N–H and O–H groups in total. The maximum absolute atomic E-state index is 11.8. The molecule has 1 aromatic rings. The molecule has 1 aliphatic rings. The molecule has 3 heteroatoms. The third-order valence-electron chi connectivity index (χ3n) is 2.56. The van der Waals surface area contributed by atoms with Crippen LogP contribution in [0, 0.1) is 0 Å². The highest BCUT2D eigenvalue weighted by atomic mass is 16.3. The van der Waals surface area contributed by atoms with Crippen molar-refractivity contribution >= 4 is 5.91 Å². The molecule has 0 fully saturated rings. The first kappa shape index (κ1) is 12.7. The number of rotatable bonds is 2. The first-order valence-electron chi connectivity index (χ1n) is 5.81. The van der Waals surface area contributed by atoms with Gasteiger partial charge in [0.25, 0.3) is 5.91 Å². The van der Waals surface area contributed by atoms with Gasteiger partial charge in [-0.05, 0) is 18.1 Å². The predicted molar refractivity (Wildman–Crippen MR) is 64.5 cm³/mol. The van der Waals surface area contributed by atoms with Crippen molar-refractivity contribution in [3.05, 3.63) is 35.4 Å². The first-order chi connectivity index (χ1) is 7.83. The summed E-state index contributed by atoms with van der Waals surface area (Å²) in [7, 11) is 0. The monoisotopic (exact) mass is 221 g/mol. The van der Waals surface area contributed by atoms with Gasteiger partial charge in [-0.3, -0.25) is 4.79 Å². The Morgan fingerprint density at radius 3 is 2.69 bits per heavy atom. The minimum absolute atomic E-state index is 0.0356. The van der Waals surface area contributed by atoms with Crippen LogP contribution >= 0.6 is 0 Å². The largest absolute Gasteiger partial charge is 0.395 e. The van der Waals surface area contributed by atoms with Crippen LogP contribution in [0.2, 0.25) is 0 Å². The lowest BCUT2D eigenvalue weighted by atomic mass is 9.99. The smallest absolute Gasteiger partial charge is 0.254 e. The van der Waals surface area contributed by atoms with Crippen molar-refractivity contribution in [2.24, 2.45) is 0 Å². The fourth-order valence-corrected chi connectivity index (χ4v) is 1.81. The molecule has 0 bridgehead atoms. The highest BCUT2D eigenvalue weighted by Crippen LogP contribution is 2.17. The van der Waals surface area contributed by atoms with E-state index in [9.17, 15) is 4.79 Å². The summed E-state index contributed by atoms with van der Waals surface area (Å²) in [6.45, 7) is 5.19. The zero-order chi connectivity index (χ0) is 12.0. The highest BCUT2D eigenvalue weighted by Gasteiger charge is 2.22. The predicted octanol–water partition coefficient (Wildman–Crippen LogP) is 1.70. The molecular formula is C13H19NO2. The quantitative estimate of drug-likeness (QED) is 0.825. The number of fused-ring (bicyclic) bond motifs is 1. The molecule has 0 atom stereocenters. The first-order valence-corrected chi connectivity index (χ1v) is 5.81. The average molecular weight is 221 g/mol. The zero-order valence-corrected chi connectivity index (χ0v) is 9.94. The Morgan fingerprint density at radius 2 is 2.00 bits per heavy atom. The van der Waals surface area contributed by atoms with Gasteiger partial charge in [0.05, 0.1) is 6.61 Å². The van der Waals surface area contributed by atoms with Gasteiger partial charge in [0.1, 0.15) is 0 Å². The molecule has 0 aromatic heterocycles. The number of carbonyl (C=O) groups excluding carboxylic acids is 1. The summed E-state index contributed by atoms with van der Waals surface area (Å²) in [6, 6.07) is 7.66. The van der Waals surface area contributed by atoms with Gasteiger partial charge in [0.2, 0.25) is 0 Å². The van der Waals surface area contributed by atoms with Crippen LogP contribution in [0.5, 0.6) is 0 Å². The highest BCUT2D eigenvalue weighted by molar-refractivity contribution is 5.96. The Bertz CT molecular complexity index is 350. The van der Waals surface area contributed by atoms with E-state index in [-0.39, 0.29) is 12.5 Å². The van der Waals surface area contributed by atoms with E-state index in [1.807, 2.05) is 38.1 Å². The summed E-state index contributed by atoms with van der Waals surface area (Å²) in [4.78, 5) is 13.5. The van der Waals surface area contributed by atoms with Crippen molar-refractivity contribution < 1.29 is 9.90 Å². The number of amides is 1. The molecule has 0 aliphatic carbocycles. The second kappa shape index (κ2) is 6.28. The van der Waals surface area contributed by atoms with Crippen LogP contribution < -0.4 is 0 Å². The van der Waals surface area contributed by atoms with E-state index >= 15 is 0 Å². The third-order valence-corrected chi connectivity index (χ3v) is 2.56. The van der Waals surface area contributed by atoms with E-state index < -0.39 is 0 Å². The normalized spacial score (nSPS) is 13.9. The Hall–Kier alpha value is -1.35. The summed E-state index contributed by atoms with van der Waals surface area (Å²) >= 11 is 0. The molecule has 88 valence electrons. The van der Waals surface area contributed by atoms with Crippen LogP contribution in [-0.4, -0.2) is 35.6 Å². The fraction of sp³-hybridized carbons (Fsp3) is 0.462. The third kappa shape index (κ3) is 2.61. The second-order valence-electron chi connectivity index (χ2n) is 3.42. The zero-order valence-electron chi connectivity index (χ0n) is 9.94. The van der Waals surface area contributed by atoms with Crippen LogP contribution in [0.1, 0.15) is 29.8 Å². The number of carbonyl (C=O) groups is 1. The van der Waals surface area contributed by atoms with E-state index in [4.69, 9.17) is 5.11 Å². The average Bonchev–Trinajstić information content (AvgIpc) is 2.36. The van der Waals surface area contributed by atoms with Crippen molar-refractivity contribution in [1.82, 2.24) is 4.90 Å². The summed E-state index contributed by atoms with van der Waals surface area (Å²) in [5.74, 6) is 0.0425. The molecule has 2 rings (SSSR count). The molecule has 0 saturated heterocycles. The lowest BCUT2D eigenvalue weighted by Gasteiger charge is -2.27. The maximum atomic E-state index is 11.8. The van der Waals surface area contributed by atoms with Crippen LogP contribution in [0.3, 0.4) is 0 Å². The molecular weight excluding hydrogens is 202 g/mol. The number of hydrogen-bond acceptors (Lipinski definition) is 2. The lowest BCUT2D eigenvalue weighted by Crippen LogP contribution is -2.39. The molecule has 3 nitrogen and oxygen atoms in total. The minimum Gasteiger partial charge on any atom is -0.395 e. The fourth-order valence-electron chi connectivity index (χ4n) is 1.81. The van der Waals surface area contributed by atoms with Crippen molar-refractivity contribution in [1.29, 1.82) is 0 Å². The summed E-state index contributed by atoms with van der Waals surface area (Å²) in [5.41, 5.74) is 1.90. The number of aliphatic hydroxyl groups is 1. The van der Waals surface area contributed by atoms with E-state index in [0.29, 0.717) is 6.54 Å². The number of nitrogens with zero attached hydrogens (tertiary/aromatic N) is 1. The molecule has 0 saturated carbocycles. The maximum Gasteiger partial charge on any atom is 0.254 e. The summed E-state index contributed by atoms with van der Waals surface area (Å²) < 4.78 is 0. The second-order valence-corrected chi connectivity index (χ2v) is 3.42. The van der Waals surface area contributed by atoms with Gasteiger partial charge >= 0.3 is 0 Å². The molecule has 16 heavy (non-hydrogen) atoms. The SMILES string of the molecule is CC.O=C1c2ccccc2CCN1CCO. The van der Waals surface area contributed by atoms with Gasteiger partial charge in [-0.15, -0.1) is 0 Å². The van der Waals surface area contributed by atoms with Crippen molar-refractivity contribution in [2.45, 2.75) is 20.3 Å². The Balaban J connectivity index is 0.000000606. The van der Waals surface area contributed by atoms with Crippen molar-refractivity contribution in [2.75, 3.05) is 19.7 Å². The van der Waals surface area contributed by atoms with Gasteiger partial charge in [-0.25, -0.2) is 0 Å². The topological polar surface area (TPSA) is 40.5 Å². The Morgan fingerprint density at radius 1 is 1.31 bits per heavy atom. The molecule has 1 aromatic carbocycles. The number of aliphatic hydroxyl groups excluding tert-OH is 1. The van der Waals surface area contributed by atoms with Gasteiger partial charge in [0.15, 0.2) is 0 Å². The summed E-state index contributed by atoms with van der Waals surface area (Å²) in [5, 5.41) is 8.79. The standard InChI is InChI=1S/C11H13NO2.C2H6/c13-8-7-12-6-5-9-3-1-2-4-10(9)11(12)14;1-2/h1-4,13H,5-8H2;1-2H3. The number of benzene rings is 1. The van der Waals surface area contributed by atoms with E-state index in [2.05, 4.69) is 0 Å². The minimum atomic E-state index is 0.0356. The van der Waals surface area contributed by atoms with Crippen LogP contribution in [0.25, 0.3) is 0 Å². The number of β-amino-alcohol motifs (C(OH)–C–C–N with tert-alkyl or cyclic N) is 1. The molecule has 0 radical (unpaired) electrons.